The first-order chi connectivity index (χ1) is 41.2. The van der Waals surface area contributed by atoms with Crippen LogP contribution < -0.4 is 9.47 Å². The van der Waals surface area contributed by atoms with Gasteiger partial charge in [-0.15, -0.1) is 0 Å². The summed E-state index contributed by atoms with van der Waals surface area (Å²) in [7, 11) is 0. The van der Waals surface area contributed by atoms with Crippen LogP contribution >= 0.6 is 0 Å². The fraction of sp³-hybridized carbons (Fsp3) is 0.550. The van der Waals surface area contributed by atoms with Crippen molar-refractivity contribution in [2.45, 2.75) is 247 Å². The number of aromatic hydroxyl groups is 2. The Morgan fingerprint density at radius 2 is 0.694 bits per heavy atom. The van der Waals surface area contributed by atoms with Gasteiger partial charge in [-0.2, -0.15) is 0 Å². The second-order valence-electron chi connectivity index (χ2n) is 27.2. The molecule has 6 aromatic rings. The second-order valence-corrected chi connectivity index (χ2v) is 36.7. The van der Waals surface area contributed by atoms with Crippen LogP contribution in [0.2, 0.25) is 9.50 Å². The van der Waals surface area contributed by atoms with Gasteiger partial charge in [0, 0.05) is 0 Å². The van der Waals surface area contributed by atoms with Crippen LogP contribution in [-0.2, 0) is 38.5 Å². The first kappa shape index (κ1) is 66.0. The third-order valence-electron chi connectivity index (χ3n) is 20.4. The summed E-state index contributed by atoms with van der Waals surface area (Å²) in [6.45, 7) is 28.0. The van der Waals surface area contributed by atoms with E-state index < -0.39 is 13.3 Å². The standard InChI is InChI=1S/C80H112GeO4/c1-13-21-27-61-33-35-77(71(49-61)73-39-55(9)37-69(79(73)82)67-45-63(29-23-15-3)43-64(46-67)30-24-16-4)84-53-81(75-51-59(19-7)41-57(75)11,76-52-60(20-8)42-58(76)12)54-85-78-36-34-62(28-22-14-2)50-72(78)74-40-56(10)38-70(80(74)83)68-47-65(31-25-17-5)44-66(48-68)32-26-18-6/h33-40,43-50,57-60,75-76,82-83H,13-32,41-42,51-54H2,1-12H3. The average Bonchev–Trinajstić information content (AvgIpc) is 2.12. The van der Waals surface area contributed by atoms with Crippen molar-refractivity contribution >= 4 is 13.3 Å². The van der Waals surface area contributed by atoms with Crippen LogP contribution in [0.5, 0.6) is 23.0 Å². The van der Waals surface area contributed by atoms with Gasteiger partial charge >= 0.3 is 470 Å². The molecule has 0 radical (unpaired) electrons. The van der Waals surface area contributed by atoms with Crippen molar-refractivity contribution in [2.24, 2.45) is 23.7 Å². The Hall–Kier alpha value is -4.94. The SMILES string of the molecule is CCCCc1cc(CCCC)cc(-c2cc(C)cc(-c3cc(CCCC)ccc3O[CH2][Ge]([CH2]Oc3ccc(CCCC)cc3-c3cc(C)cc(-c4cc(CCCC)cc(CCCC)c4)c3O)([CH]3CC(CC)CC3C)[CH]3CC(CC)CC3C)c2O)c1. The van der Waals surface area contributed by atoms with Crippen molar-refractivity contribution in [3.8, 4) is 67.5 Å². The summed E-state index contributed by atoms with van der Waals surface area (Å²) in [4.78, 5) is 0. The minimum atomic E-state index is -3.48. The molecule has 0 aromatic heterocycles. The number of phenols is 2. The van der Waals surface area contributed by atoms with Crippen LogP contribution in [0.4, 0.5) is 0 Å². The molecule has 0 aliphatic heterocycles. The minimum absolute atomic E-state index is 0.345. The molecule has 6 atom stereocenters. The van der Waals surface area contributed by atoms with E-state index in [9.17, 15) is 10.2 Å². The van der Waals surface area contributed by atoms with Crippen molar-refractivity contribution in [2.75, 3.05) is 10.9 Å². The number of rotatable bonds is 32. The number of hydrogen-bond acceptors (Lipinski definition) is 4. The summed E-state index contributed by atoms with van der Waals surface area (Å²) >= 11 is -3.48. The fourth-order valence-electron chi connectivity index (χ4n) is 15.4. The number of hydrogen-bond donors (Lipinski definition) is 2. The fourth-order valence-corrected chi connectivity index (χ4v) is 29.0. The van der Waals surface area contributed by atoms with E-state index in [1.54, 1.807) is 0 Å². The number of phenolic OH excluding ortho intramolecular Hbond substituents is 2. The molecular formula is C80H112GeO4. The van der Waals surface area contributed by atoms with Crippen molar-refractivity contribution in [1.82, 2.24) is 0 Å². The molecule has 2 saturated carbocycles. The molecule has 0 spiro atoms. The first-order valence-electron chi connectivity index (χ1n) is 34.6. The summed E-state index contributed by atoms with van der Waals surface area (Å²) < 4.78 is 16.8. The van der Waals surface area contributed by atoms with Gasteiger partial charge in [0.15, 0.2) is 0 Å². The Balaban J connectivity index is 1.27. The average molecular weight is 1210 g/mol. The number of benzene rings is 6. The summed E-state index contributed by atoms with van der Waals surface area (Å²) in [5, 5.41) is 25.8. The predicted molar refractivity (Wildman–Crippen MR) is 368 cm³/mol. The van der Waals surface area contributed by atoms with E-state index in [0.29, 0.717) is 55.6 Å². The molecule has 6 unspecified atom stereocenters. The Kier molecular flexibility index (Phi) is 24.7. The van der Waals surface area contributed by atoms with E-state index in [1.165, 1.54) is 71.9 Å². The molecule has 0 saturated heterocycles. The molecule has 460 valence electrons. The van der Waals surface area contributed by atoms with E-state index in [0.717, 1.165) is 183 Å². The third-order valence-corrected chi connectivity index (χ3v) is 32.8. The van der Waals surface area contributed by atoms with Gasteiger partial charge in [-0.1, -0.05) is 53.4 Å². The van der Waals surface area contributed by atoms with Gasteiger partial charge < -0.3 is 0 Å². The predicted octanol–water partition coefficient (Wildman–Crippen LogP) is 23.1. The van der Waals surface area contributed by atoms with Gasteiger partial charge in [0.05, 0.1) is 0 Å². The van der Waals surface area contributed by atoms with Gasteiger partial charge in [0.25, 0.3) is 0 Å². The monoisotopic (exact) mass is 1210 g/mol. The van der Waals surface area contributed by atoms with Crippen molar-refractivity contribution < 1.29 is 19.7 Å². The van der Waals surface area contributed by atoms with Gasteiger partial charge in [0.1, 0.15) is 0 Å². The second kappa shape index (κ2) is 31.8. The zero-order valence-electron chi connectivity index (χ0n) is 55.3. The third kappa shape index (κ3) is 16.4. The maximum absolute atomic E-state index is 12.9. The molecule has 2 fully saturated rings. The number of aryl methyl sites for hydroxylation is 8. The Morgan fingerprint density at radius 3 is 1.00 bits per heavy atom. The Morgan fingerprint density at radius 1 is 0.376 bits per heavy atom. The first-order valence-corrected chi connectivity index (χ1v) is 40.0. The molecule has 2 aliphatic rings. The molecule has 4 nitrogen and oxygen atoms in total. The van der Waals surface area contributed by atoms with E-state index in [2.05, 4.69) is 180 Å². The Labute approximate surface area is 520 Å². The van der Waals surface area contributed by atoms with Gasteiger partial charge in [-0.3, -0.25) is 0 Å². The molecule has 5 heteroatoms. The van der Waals surface area contributed by atoms with Crippen molar-refractivity contribution in [3.63, 3.8) is 0 Å². The Bertz CT molecular complexity index is 2840. The van der Waals surface area contributed by atoms with E-state index in [1.807, 2.05) is 0 Å². The van der Waals surface area contributed by atoms with E-state index in [4.69, 9.17) is 9.47 Å². The molecule has 2 N–H and O–H groups in total. The zero-order chi connectivity index (χ0) is 60.6. The van der Waals surface area contributed by atoms with Crippen molar-refractivity contribution in [1.29, 1.82) is 0 Å². The van der Waals surface area contributed by atoms with E-state index in [-0.39, 0.29) is 0 Å². The van der Waals surface area contributed by atoms with Crippen LogP contribution in [-0.4, -0.2) is 34.4 Å². The molecule has 6 aromatic carbocycles. The molecule has 8 rings (SSSR count). The normalized spacial score (nSPS) is 18.8. The summed E-state index contributed by atoms with van der Waals surface area (Å²) in [6.07, 6.45) is 27.3. The van der Waals surface area contributed by atoms with Crippen LogP contribution in [0.25, 0.3) is 44.5 Å². The maximum atomic E-state index is 12.9. The van der Waals surface area contributed by atoms with Crippen LogP contribution in [0, 0.1) is 37.5 Å². The van der Waals surface area contributed by atoms with Crippen LogP contribution in [0.15, 0.2) is 97.1 Å². The number of ether oxygens (including phenoxy) is 2. The molecule has 0 bridgehead atoms. The van der Waals surface area contributed by atoms with Crippen molar-refractivity contribution in [3.05, 3.63) is 142 Å². The van der Waals surface area contributed by atoms with Gasteiger partial charge in [-0.05, 0) is 0 Å². The van der Waals surface area contributed by atoms with Crippen LogP contribution in [0.1, 0.15) is 229 Å². The summed E-state index contributed by atoms with van der Waals surface area (Å²) in [5.74, 6) is 5.00. The van der Waals surface area contributed by atoms with Gasteiger partial charge in [-0.25, -0.2) is 0 Å². The van der Waals surface area contributed by atoms with E-state index >= 15 is 0 Å². The molecular weight excluding hydrogens is 1100 g/mol. The zero-order valence-corrected chi connectivity index (χ0v) is 57.4. The molecule has 0 heterocycles. The molecule has 2 aliphatic carbocycles. The topological polar surface area (TPSA) is 58.9 Å². The molecule has 0 amide bonds. The number of unbranched alkanes of at least 4 members (excludes halogenated alkanes) is 6. The summed E-state index contributed by atoms with van der Waals surface area (Å²) in [5.41, 5.74) is 19.5. The van der Waals surface area contributed by atoms with Crippen LogP contribution in [0.3, 0.4) is 0 Å². The van der Waals surface area contributed by atoms with Gasteiger partial charge in [0.2, 0.25) is 0 Å². The molecule has 85 heavy (non-hydrogen) atoms. The summed E-state index contributed by atoms with van der Waals surface area (Å²) in [6, 6.07) is 36.9. The quantitative estimate of drug-likeness (QED) is 0.0413.